The third kappa shape index (κ3) is 3.16. The molecule has 0 aliphatic carbocycles. The molecule has 1 saturated heterocycles. The highest BCUT2D eigenvalue weighted by Gasteiger charge is 2.58. The number of carboxylic acid groups (broad SMARTS) is 1. The van der Waals surface area contributed by atoms with Gasteiger partial charge in [-0.05, 0) is 12.8 Å². The first-order valence-electron chi connectivity index (χ1n) is 6.85. The van der Waals surface area contributed by atoms with Crippen molar-refractivity contribution < 1.29 is 33.8 Å². The minimum atomic E-state index is -1.32. The van der Waals surface area contributed by atoms with Crippen LogP contribution in [0.15, 0.2) is 0 Å². The Morgan fingerprint density at radius 3 is 2.24 bits per heavy atom. The van der Waals surface area contributed by atoms with Crippen molar-refractivity contribution in [2.45, 2.75) is 45.4 Å². The number of quaternary nitrogens is 1. The average Bonchev–Trinajstić information content (AvgIpc) is 2.70. The number of aliphatic hydroxyl groups is 1. The zero-order valence-electron chi connectivity index (χ0n) is 12.7. The van der Waals surface area contributed by atoms with E-state index in [9.17, 15) is 24.6 Å². The van der Waals surface area contributed by atoms with Crippen molar-refractivity contribution in [2.75, 3.05) is 13.7 Å². The molecule has 0 radical (unpaired) electrons. The lowest BCUT2D eigenvalue weighted by molar-refractivity contribution is -0.794. The highest BCUT2D eigenvalue weighted by molar-refractivity contribution is 5.87. The minimum Gasteiger partial charge on any atom is -0.453 e. The van der Waals surface area contributed by atoms with E-state index < -0.39 is 40.8 Å². The second kappa shape index (κ2) is 6.40. The van der Waals surface area contributed by atoms with E-state index in [-0.39, 0.29) is 18.9 Å². The van der Waals surface area contributed by atoms with E-state index in [0.717, 1.165) is 0 Å². The number of hydrogen-bond donors (Lipinski definition) is 3. The van der Waals surface area contributed by atoms with Crippen molar-refractivity contribution in [3.63, 3.8) is 0 Å². The normalized spacial score (nSPS) is 30.0. The maximum atomic E-state index is 12.8. The topological polar surface area (TPSA) is 113 Å². The second-order valence-corrected chi connectivity index (χ2v) is 5.77. The summed E-state index contributed by atoms with van der Waals surface area (Å²) in [6.45, 7) is 4.82. The molecular weight excluding hydrogens is 280 g/mol. The molecule has 0 aromatic heterocycles. The molecule has 1 rings (SSSR count). The van der Waals surface area contributed by atoms with Gasteiger partial charge in [-0.2, -0.15) is 9.28 Å². The van der Waals surface area contributed by atoms with Crippen LogP contribution >= 0.6 is 0 Å². The minimum absolute atomic E-state index is 0.193. The molecule has 8 heteroatoms. The molecular formula is C13H23N2O6+. The molecule has 21 heavy (non-hydrogen) atoms. The van der Waals surface area contributed by atoms with Crippen molar-refractivity contribution in [2.24, 2.45) is 5.92 Å². The first-order valence-corrected chi connectivity index (χ1v) is 6.85. The number of aliphatic hydroxyl groups excluding tert-OH is 1. The third-order valence-electron chi connectivity index (χ3n) is 3.99. The number of likely N-dealkylation sites (tertiary alicyclic amines) is 1. The summed E-state index contributed by atoms with van der Waals surface area (Å²) in [5, 5.41) is 21.7. The van der Waals surface area contributed by atoms with Gasteiger partial charge in [0.1, 0.15) is 18.7 Å². The van der Waals surface area contributed by atoms with Gasteiger partial charge in [0.2, 0.25) is 0 Å². The SMILES string of the molecule is COC(=O)NC(C(=O)[N+]1(C(=O)O)C[C@H](O)CC1C)C(C)C. The summed E-state index contributed by atoms with van der Waals surface area (Å²) >= 11 is 0. The zero-order valence-corrected chi connectivity index (χ0v) is 12.7. The molecule has 1 fully saturated rings. The van der Waals surface area contributed by atoms with E-state index in [1.165, 1.54) is 7.11 Å². The smallest absolute Gasteiger partial charge is 0.453 e. The number of hydrogen-bond acceptors (Lipinski definition) is 5. The molecule has 0 bridgehead atoms. The van der Waals surface area contributed by atoms with E-state index in [1.54, 1.807) is 20.8 Å². The molecule has 0 aromatic carbocycles. The highest BCUT2D eigenvalue weighted by Crippen LogP contribution is 2.30. The largest absolute Gasteiger partial charge is 0.521 e. The van der Waals surface area contributed by atoms with Crippen molar-refractivity contribution in [1.29, 1.82) is 0 Å². The first-order chi connectivity index (χ1) is 9.66. The lowest BCUT2D eigenvalue weighted by atomic mass is 10.0. The summed E-state index contributed by atoms with van der Waals surface area (Å²) in [4.78, 5) is 35.8. The van der Waals surface area contributed by atoms with Gasteiger partial charge in [-0.1, -0.05) is 13.8 Å². The number of rotatable bonds is 3. The summed E-state index contributed by atoms with van der Waals surface area (Å²) in [6, 6.07) is -1.56. The second-order valence-electron chi connectivity index (χ2n) is 5.77. The van der Waals surface area contributed by atoms with Crippen LogP contribution in [0.1, 0.15) is 27.2 Å². The van der Waals surface area contributed by atoms with Crippen LogP contribution in [0.2, 0.25) is 0 Å². The number of methoxy groups -OCH3 is 1. The monoisotopic (exact) mass is 303 g/mol. The number of amides is 3. The molecule has 1 aliphatic rings. The Kier molecular flexibility index (Phi) is 5.30. The molecule has 0 saturated carbocycles. The average molecular weight is 303 g/mol. The zero-order chi connectivity index (χ0) is 16.4. The number of carbonyl (C=O) groups excluding carboxylic acids is 2. The van der Waals surface area contributed by atoms with E-state index in [4.69, 9.17) is 0 Å². The van der Waals surface area contributed by atoms with Gasteiger partial charge in [0.25, 0.3) is 0 Å². The van der Waals surface area contributed by atoms with E-state index >= 15 is 0 Å². The number of imide groups is 1. The number of ether oxygens (including phenoxy) is 1. The number of nitrogens with zero attached hydrogens (tertiary/aromatic N) is 1. The molecule has 1 heterocycles. The van der Waals surface area contributed by atoms with Crippen LogP contribution in [-0.2, 0) is 9.53 Å². The standard InChI is InChI=1S/C13H22N2O6/c1-7(2)10(14-12(18)21-4)11(17)15(13(19)20)6-9(16)5-8(15)3/h7-10,16H,5-6H2,1-4H3,(H-,14,18,19,20)/p+1/t8?,9-,10?,15?/m1/s1. The summed E-state index contributed by atoms with van der Waals surface area (Å²) in [5.41, 5.74) is 0. The van der Waals surface area contributed by atoms with Crippen LogP contribution in [0.25, 0.3) is 0 Å². The quantitative estimate of drug-likeness (QED) is 0.656. The van der Waals surface area contributed by atoms with Gasteiger partial charge >= 0.3 is 18.1 Å². The van der Waals surface area contributed by atoms with Gasteiger partial charge in [-0.25, -0.2) is 9.59 Å². The van der Waals surface area contributed by atoms with Crippen LogP contribution in [0, 0.1) is 5.92 Å². The number of carbonyl (C=O) groups is 3. The van der Waals surface area contributed by atoms with Crippen LogP contribution in [0.3, 0.4) is 0 Å². The maximum absolute atomic E-state index is 12.8. The van der Waals surface area contributed by atoms with E-state index in [2.05, 4.69) is 10.1 Å². The van der Waals surface area contributed by atoms with Crippen LogP contribution in [0.4, 0.5) is 9.59 Å². The Labute approximate surface area is 123 Å². The summed E-state index contributed by atoms with van der Waals surface area (Å²) < 4.78 is 3.60. The molecule has 3 unspecified atom stereocenters. The van der Waals surface area contributed by atoms with E-state index in [1.807, 2.05) is 0 Å². The first kappa shape index (κ1) is 17.4. The molecule has 1 aliphatic heterocycles. The molecule has 8 nitrogen and oxygen atoms in total. The Morgan fingerprint density at radius 2 is 1.90 bits per heavy atom. The highest BCUT2D eigenvalue weighted by atomic mass is 16.5. The molecule has 0 aromatic rings. The van der Waals surface area contributed by atoms with Crippen LogP contribution < -0.4 is 5.32 Å². The fourth-order valence-corrected chi connectivity index (χ4v) is 2.78. The van der Waals surface area contributed by atoms with Gasteiger partial charge in [-0.15, -0.1) is 0 Å². The number of alkyl carbamates (subject to hydrolysis) is 1. The predicted octanol–water partition coefficient (Wildman–Crippen LogP) is 0.541. The van der Waals surface area contributed by atoms with Gasteiger partial charge in [0.15, 0.2) is 6.04 Å². The molecule has 3 amide bonds. The van der Waals surface area contributed by atoms with Gasteiger partial charge in [0, 0.05) is 6.42 Å². The maximum Gasteiger partial charge on any atom is 0.521 e. The van der Waals surface area contributed by atoms with Gasteiger partial charge in [0.05, 0.1) is 7.11 Å². The van der Waals surface area contributed by atoms with Gasteiger partial charge in [-0.3, -0.25) is 0 Å². The van der Waals surface area contributed by atoms with Crippen LogP contribution in [0.5, 0.6) is 0 Å². The molecule has 0 spiro atoms. The Balaban J connectivity index is 3.15. The van der Waals surface area contributed by atoms with Crippen molar-refractivity contribution in [3.05, 3.63) is 0 Å². The summed E-state index contributed by atoms with van der Waals surface area (Å²) in [7, 11) is 1.17. The molecule has 4 atom stereocenters. The Bertz CT molecular complexity index is 438. The fourth-order valence-electron chi connectivity index (χ4n) is 2.78. The van der Waals surface area contributed by atoms with Crippen molar-refractivity contribution in [3.8, 4) is 0 Å². The van der Waals surface area contributed by atoms with Crippen molar-refractivity contribution in [1.82, 2.24) is 5.32 Å². The molecule has 120 valence electrons. The molecule has 3 N–H and O–H groups in total. The number of nitrogens with one attached hydrogen (secondary N) is 1. The lowest BCUT2D eigenvalue weighted by Crippen LogP contribution is -2.65. The van der Waals surface area contributed by atoms with E-state index in [0.29, 0.717) is 0 Å². The third-order valence-corrected chi connectivity index (χ3v) is 3.99. The van der Waals surface area contributed by atoms with Gasteiger partial charge < -0.3 is 20.3 Å². The Hall–Kier alpha value is -1.67. The predicted molar refractivity (Wildman–Crippen MR) is 72.4 cm³/mol. The Morgan fingerprint density at radius 1 is 1.33 bits per heavy atom. The van der Waals surface area contributed by atoms with Crippen molar-refractivity contribution >= 4 is 18.1 Å². The lowest BCUT2D eigenvalue weighted by Gasteiger charge is -2.33. The summed E-state index contributed by atoms with van der Waals surface area (Å²) in [6.07, 6.45) is -2.74. The summed E-state index contributed by atoms with van der Waals surface area (Å²) in [5.74, 6) is -0.956. The van der Waals surface area contributed by atoms with Crippen LogP contribution in [-0.4, -0.2) is 64.6 Å². The fraction of sp³-hybridized carbons (Fsp3) is 0.769.